The predicted octanol–water partition coefficient (Wildman–Crippen LogP) is 3.58. The summed E-state index contributed by atoms with van der Waals surface area (Å²) in [7, 11) is 2.03. The van der Waals surface area contributed by atoms with Crippen molar-refractivity contribution in [2.24, 2.45) is 0 Å². The molecule has 1 atom stereocenters. The number of nitrogens with zero attached hydrogens (tertiary/aromatic N) is 4. The van der Waals surface area contributed by atoms with Crippen molar-refractivity contribution >= 4 is 23.2 Å². The zero-order valence-corrected chi connectivity index (χ0v) is 18.5. The van der Waals surface area contributed by atoms with Gasteiger partial charge in [-0.15, -0.1) is 0 Å². The number of halogens is 1. The number of carbonyl (C=O) groups excluding carboxylic acids is 2. The molecule has 0 bridgehead atoms. The van der Waals surface area contributed by atoms with Crippen LogP contribution >= 0.6 is 0 Å². The maximum absolute atomic E-state index is 13.2. The van der Waals surface area contributed by atoms with Crippen molar-refractivity contribution in [2.45, 2.75) is 31.8 Å². The summed E-state index contributed by atoms with van der Waals surface area (Å²) < 4.78 is 13.2. The van der Waals surface area contributed by atoms with Gasteiger partial charge < -0.3 is 19.6 Å². The van der Waals surface area contributed by atoms with E-state index in [1.54, 1.807) is 18.2 Å². The fourth-order valence-corrected chi connectivity index (χ4v) is 5.19. The summed E-state index contributed by atoms with van der Waals surface area (Å²) in [6, 6.07) is 12.0. The summed E-state index contributed by atoms with van der Waals surface area (Å²) in [6.45, 7) is 3.43. The minimum absolute atomic E-state index is 0.00398. The standard InChI is InChI=1S/C25H29FN4O2/c1-27-22-17-18(6-11-21(22)25(32)30-12-4-2-3-5-23(27)30)24(31)29-15-13-28(14-16-29)20-9-7-19(26)8-10-20/h6-11,17,23H,2-5,12-16H2,1H3/t23-/m1/s1. The molecule has 2 fully saturated rings. The smallest absolute Gasteiger partial charge is 0.257 e. The number of rotatable bonds is 2. The third-order valence-corrected chi connectivity index (χ3v) is 7.04. The highest BCUT2D eigenvalue weighted by molar-refractivity contribution is 6.04. The molecule has 2 aromatic rings. The first-order chi connectivity index (χ1) is 15.5. The van der Waals surface area contributed by atoms with Gasteiger partial charge in [0.15, 0.2) is 0 Å². The lowest BCUT2D eigenvalue weighted by molar-refractivity contribution is 0.0659. The molecule has 3 heterocycles. The summed E-state index contributed by atoms with van der Waals surface area (Å²) in [5.74, 6) is -0.169. The molecule has 2 amide bonds. The normalized spacial score (nSPS) is 21.2. The molecule has 0 N–H and O–H groups in total. The Morgan fingerprint density at radius 3 is 2.44 bits per heavy atom. The first-order valence-electron chi connectivity index (χ1n) is 11.5. The van der Waals surface area contributed by atoms with Crippen LogP contribution in [0.15, 0.2) is 42.5 Å². The quantitative estimate of drug-likeness (QED) is 0.722. The van der Waals surface area contributed by atoms with E-state index in [9.17, 15) is 14.0 Å². The van der Waals surface area contributed by atoms with Crippen LogP contribution in [0.1, 0.15) is 46.4 Å². The Morgan fingerprint density at radius 2 is 1.69 bits per heavy atom. The van der Waals surface area contributed by atoms with E-state index in [0.717, 1.165) is 43.6 Å². The number of hydrogen-bond acceptors (Lipinski definition) is 4. The number of fused-ring (bicyclic) bond motifs is 2. The molecule has 7 heteroatoms. The Morgan fingerprint density at radius 1 is 0.938 bits per heavy atom. The topological polar surface area (TPSA) is 47.1 Å². The molecular weight excluding hydrogens is 407 g/mol. The molecule has 32 heavy (non-hydrogen) atoms. The lowest BCUT2D eigenvalue weighted by Gasteiger charge is -2.43. The third kappa shape index (κ3) is 3.70. The van der Waals surface area contributed by atoms with Crippen LogP contribution in [-0.2, 0) is 0 Å². The zero-order chi connectivity index (χ0) is 22.2. The van der Waals surface area contributed by atoms with Crippen LogP contribution in [-0.4, -0.2) is 67.6 Å². The Hall–Kier alpha value is -3.09. The fourth-order valence-electron chi connectivity index (χ4n) is 5.19. The zero-order valence-electron chi connectivity index (χ0n) is 18.5. The van der Waals surface area contributed by atoms with Gasteiger partial charge in [-0.05, 0) is 61.7 Å². The Labute approximate surface area is 188 Å². The van der Waals surface area contributed by atoms with E-state index >= 15 is 0 Å². The van der Waals surface area contributed by atoms with Gasteiger partial charge in [0, 0.05) is 51.0 Å². The molecule has 0 unspecified atom stereocenters. The Bertz CT molecular complexity index is 1020. The van der Waals surface area contributed by atoms with E-state index in [1.165, 1.54) is 12.1 Å². The number of hydrogen-bond donors (Lipinski definition) is 0. The van der Waals surface area contributed by atoms with E-state index in [4.69, 9.17) is 0 Å². The van der Waals surface area contributed by atoms with Crippen molar-refractivity contribution in [2.75, 3.05) is 49.6 Å². The van der Waals surface area contributed by atoms with Crippen LogP contribution in [0.4, 0.5) is 15.8 Å². The van der Waals surface area contributed by atoms with E-state index in [2.05, 4.69) is 9.80 Å². The second-order valence-corrected chi connectivity index (χ2v) is 8.93. The number of piperazine rings is 1. The van der Waals surface area contributed by atoms with Gasteiger partial charge in [-0.3, -0.25) is 9.59 Å². The van der Waals surface area contributed by atoms with E-state index < -0.39 is 0 Å². The SMILES string of the molecule is CN1c2cc(C(=O)N3CCN(c4ccc(F)cc4)CC3)ccc2C(=O)N2CCCCC[C@@H]21. The van der Waals surface area contributed by atoms with Crippen LogP contribution < -0.4 is 9.80 Å². The first kappa shape index (κ1) is 20.8. The monoisotopic (exact) mass is 436 g/mol. The molecule has 0 spiro atoms. The lowest BCUT2D eigenvalue weighted by Crippen LogP contribution is -2.53. The largest absolute Gasteiger partial charge is 0.368 e. The molecule has 6 nitrogen and oxygen atoms in total. The van der Waals surface area contributed by atoms with Crippen LogP contribution in [0.25, 0.3) is 0 Å². The second-order valence-electron chi connectivity index (χ2n) is 8.93. The van der Waals surface area contributed by atoms with Gasteiger partial charge in [-0.1, -0.05) is 6.42 Å². The molecular formula is C25H29FN4O2. The summed E-state index contributed by atoms with van der Waals surface area (Å²) in [5.41, 5.74) is 3.14. The van der Waals surface area contributed by atoms with Crippen LogP contribution in [0.2, 0.25) is 0 Å². The predicted molar refractivity (Wildman–Crippen MR) is 123 cm³/mol. The van der Waals surface area contributed by atoms with Crippen molar-refractivity contribution < 1.29 is 14.0 Å². The van der Waals surface area contributed by atoms with Crippen molar-refractivity contribution in [3.05, 3.63) is 59.4 Å². The van der Waals surface area contributed by atoms with E-state index in [0.29, 0.717) is 37.3 Å². The number of anilines is 2. The van der Waals surface area contributed by atoms with Gasteiger partial charge in [0.1, 0.15) is 12.0 Å². The molecule has 168 valence electrons. The third-order valence-electron chi connectivity index (χ3n) is 7.04. The average molecular weight is 437 g/mol. The van der Waals surface area contributed by atoms with Crippen LogP contribution in [0, 0.1) is 5.82 Å². The van der Waals surface area contributed by atoms with Gasteiger partial charge in [0.2, 0.25) is 0 Å². The molecule has 2 aromatic carbocycles. The Balaban J connectivity index is 1.31. The van der Waals surface area contributed by atoms with Gasteiger partial charge in [0.05, 0.1) is 11.3 Å². The summed E-state index contributed by atoms with van der Waals surface area (Å²) in [4.78, 5) is 34.5. The van der Waals surface area contributed by atoms with E-state index in [-0.39, 0.29) is 23.8 Å². The molecule has 3 aliphatic rings. The average Bonchev–Trinajstić information content (AvgIpc) is 3.09. The van der Waals surface area contributed by atoms with Gasteiger partial charge in [0.25, 0.3) is 11.8 Å². The van der Waals surface area contributed by atoms with Crippen molar-refractivity contribution in [3.8, 4) is 0 Å². The highest BCUT2D eigenvalue weighted by atomic mass is 19.1. The van der Waals surface area contributed by atoms with Gasteiger partial charge in [-0.25, -0.2) is 4.39 Å². The maximum atomic E-state index is 13.2. The lowest BCUT2D eigenvalue weighted by atomic mass is 10.0. The molecule has 3 aliphatic heterocycles. The first-order valence-corrected chi connectivity index (χ1v) is 11.5. The van der Waals surface area contributed by atoms with Crippen LogP contribution in [0.5, 0.6) is 0 Å². The molecule has 5 rings (SSSR count). The van der Waals surface area contributed by atoms with Crippen molar-refractivity contribution in [1.82, 2.24) is 9.80 Å². The molecule has 0 radical (unpaired) electrons. The summed E-state index contributed by atoms with van der Waals surface area (Å²) >= 11 is 0. The van der Waals surface area contributed by atoms with Crippen molar-refractivity contribution in [3.63, 3.8) is 0 Å². The Kier molecular flexibility index (Phi) is 5.49. The van der Waals surface area contributed by atoms with Crippen molar-refractivity contribution in [1.29, 1.82) is 0 Å². The fraction of sp³-hybridized carbons (Fsp3) is 0.440. The van der Waals surface area contributed by atoms with Crippen LogP contribution in [0.3, 0.4) is 0 Å². The van der Waals surface area contributed by atoms with Gasteiger partial charge >= 0.3 is 0 Å². The highest BCUT2D eigenvalue weighted by Gasteiger charge is 2.37. The second kappa shape index (κ2) is 8.45. The van der Waals surface area contributed by atoms with Gasteiger partial charge in [-0.2, -0.15) is 0 Å². The molecule has 2 saturated heterocycles. The maximum Gasteiger partial charge on any atom is 0.257 e. The number of benzene rings is 2. The molecule has 0 aromatic heterocycles. The molecule has 0 aliphatic carbocycles. The summed E-state index contributed by atoms with van der Waals surface area (Å²) in [5, 5.41) is 0. The highest BCUT2D eigenvalue weighted by Crippen LogP contribution is 2.34. The molecule has 0 saturated carbocycles. The minimum Gasteiger partial charge on any atom is -0.368 e. The minimum atomic E-state index is -0.245. The number of amides is 2. The van der Waals surface area contributed by atoms with E-state index in [1.807, 2.05) is 29.0 Å². The number of carbonyl (C=O) groups is 2. The summed E-state index contributed by atoms with van der Waals surface area (Å²) in [6.07, 6.45) is 4.35.